The van der Waals surface area contributed by atoms with Crippen LogP contribution in [0.15, 0.2) is 118 Å². The third-order valence-corrected chi connectivity index (χ3v) is 8.05. The molecule has 1 heterocycles. The molecule has 6 nitrogen and oxygen atoms in total. The van der Waals surface area contributed by atoms with Crippen LogP contribution in [0.25, 0.3) is 16.6 Å². The first-order valence-electron chi connectivity index (χ1n) is 11.3. The Bertz CT molecular complexity index is 1680. The predicted molar refractivity (Wildman–Crippen MR) is 145 cm³/mol. The number of nitrogens with one attached hydrogen (secondary N) is 1. The van der Waals surface area contributed by atoms with Crippen LogP contribution in [-0.2, 0) is 15.8 Å². The quantitative estimate of drug-likeness (QED) is 0.220. The van der Waals surface area contributed by atoms with Gasteiger partial charge in [-0.05, 0) is 55.0 Å². The van der Waals surface area contributed by atoms with Crippen molar-refractivity contribution in [2.75, 3.05) is 4.72 Å². The lowest BCUT2D eigenvalue weighted by Gasteiger charge is -2.14. The first kappa shape index (κ1) is 23.8. The van der Waals surface area contributed by atoms with Crippen LogP contribution in [-0.4, -0.2) is 18.0 Å². The molecule has 0 aliphatic heterocycles. The fourth-order valence-corrected chi connectivity index (χ4v) is 5.80. The second-order valence-electron chi connectivity index (χ2n) is 8.30. The van der Waals surface area contributed by atoms with Crippen molar-refractivity contribution in [3.05, 3.63) is 125 Å². The number of aromatic nitrogens is 2. The molecule has 0 saturated carbocycles. The Morgan fingerprint density at radius 2 is 1.53 bits per heavy atom. The van der Waals surface area contributed by atoms with E-state index in [1.807, 2.05) is 67.6 Å². The second-order valence-corrected chi connectivity index (χ2v) is 10.9. The van der Waals surface area contributed by atoms with E-state index in [4.69, 9.17) is 4.98 Å². The van der Waals surface area contributed by atoms with Gasteiger partial charge in [-0.25, -0.2) is 13.4 Å². The van der Waals surface area contributed by atoms with Gasteiger partial charge in [0.2, 0.25) is 0 Å². The molecule has 0 amide bonds. The number of hydrogen-bond donors (Lipinski definition) is 1. The van der Waals surface area contributed by atoms with E-state index < -0.39 is 10.0 Å². The van der Waals surface area contributed by atoms with Crippen LogP contribution in [0.4, 0.5) is 5.69 Å². The number of para-hydroxylation sites is 1. The Balaban J connectivity index is 1.56. The molecule has 1 N–H and O–H groups in total. The van der Waals surface area contributed by atoms with Crippen LogP contribution in [0.1, 0.15) is 11.1 Å². The van der Waals surface area contributed by atoms with Crippen molar-refractivity contribution in [1.82, 2.24) is 9.55 Å². The van der Waals surface area contributed by atoms with E-state index in [0.29, 0.717) is 33.2 Å². The maximum Gasteiger partial charge on any atom is 0.266 e. The van der Waals surface area contributed by atoms with E-state index in [-0.39, 0.29) is 10.5 Å². The van der Waals surface area contributed by atoms with Crippen LogP contribution in [0.2, 0.25) is 0 Å². The Morgan fingerprint density at radius 3 is 2.22 bits per heavy atom. The van der Waals surface area contributed by atoms with Crippen molar-refractivity contribution in [2.24, 2.45) is 0 Å². The Kier molecular flexibility index (Phi) is 6.63. The highest BCUT2D eigenvalue weighted by Crippen LogP contribution is 2.26. The molecule has 0 aliphatic rings. The van der Waals surface area contributed by atoms with Gasteiger partial charge in [0.25, 0.3) is 15.6 Å². The van der Waals surface area contributed by atoms with Gasteiger partial charge >= 0.3 is 0 Å². The Labute approximate surface area is 213 Å². The van der Waals surface area contributed by atoms with Crippen LogP contribution >= 0.6 is 11.8 Å². The summed E-state index contributed by atoms with van der Waals surface area (Å²) >= 11 is 1.48. The number of aryl methyl sites for hydroxylation is 1. The maximum atomic E-state index is 13.7. The maximum absolute atomic E-state index is 13.7. The first-order valence-corrected chi connectivity index (χ1v) is 13.8. The summed E-state index contributed by atoms with van der Waals surface area (Å²) in [5, 5.41) is 0.891. The minimum absolute atomic E-state index is 0.153. The largest absolute Gasteiger partial charge is 0.280 e. The summed E-state index contributed by atoms with van der Waals surface area (Å²) < 4.78 is 29.9. The van der Waals surface area contributed by atoms with Crippen LogP contribution in [0, 0.1) is 6.92 Å². The molecule has 0 fully saturated rings. The zero-order valence-corrected chi connectivity index (χ0v) is 21.1. The van der Waals surface area contributed by atoms with Gasteiger partial charge in [-0.1, -0.05) is 78.0 Å². The Hall–Kier alpha value is -3.88. The molecular weight excluding hydrogens is 490 g/mol. The minimum Gasteiger partial charge on any atom is -0.280 e. The number of benzene rings is 4. The highest BCUT2D eigenvalue weighted by molar-refractivity contribution is 7.98. The average Bonchev–Trinajstić information content (AvgIpc) is 2.89. The third kappa shape index (κ3) is 5.05. The summed E-state index contributed by atoms with van der Waals surface area (Å²) in [6.45, 7) is 1.89. The van der Waals surface area contributed by atoms with E-state index in [2.05, 4.69) is 4.72 Å². The molecule has 5 aromatic rings. The fraction of sp³-hybridized carbons (Fsp3) is 0.0714. The molecule has 36 heavy (non-hydrogen) atoms. The van der Waals surface area contributed by atoms with Crippen LogP contribution < -0.4 is 10.3 Å². The van der Waals surface area contributed by atoms with Crippen molar-refractivity contribution in [3.8, 4) is 5.69 Å². The van der Waals surface area contributed by atoms with Crippen molar-refractivity contribution in [3.63, 3.8) is 0 Å². The average molecular weight is 514 g/mol. The smallest absolute Gasteiger partial charge is 0.266 e. The lowest BCUT2D eigenvalue weighted by atomic mass is 10.2. The van der Waals surface area contributed by atoms with Crippen molar-refractivity contribution < 1.29 is 8.42 Å². The summed E-state index contributed by atoms with van der Waals surface area (Å²) in [7, 11) is -3.80. The first-order chi connectivity index (χ1) is 17.4. The lowest BCUT2D eigenvalue weighted by Crippen LogP contribution is -2.22. The standard InChI is InChI=1S/C28H23N3O3S2/c1-20-12-15-24(16-13-20)36(33,34)30-22-14-17-26-25(18-22)27(32)31(23-10-6-3-7-11-23)28(29-26)35-19-21-8-4-2-5-9-21/h2-18,30H,19H2,1H3. The fourth-order valence-electron chi connectivity index (χ4n) is 3.78. The summed E-state index contributed by atoms with van der Waals surface area (Å²) in [4.78, 5) is 18.7. The van der Waals surface area contributed by atoms with E-state index in [1.54, 1.807) is 47.0 Å². The number of sulfonamides is 1. The molecule has 0 unspecified atom stereocenters. The molecule has 4 aromatic carbocycles. The summed E-state index contributed by atoms with van der Waals surface area (Å²) in [6, 6.07) is 30.7. The van der Waals surface area contributed by atoms with Gasteiger partial charge in [0.1, 0.15) is 0 Å². The molecule has 0 saturated heterocycles. The van der Waals surface area contributed by atoms with E-state index in [0.717, 1.165) is 11.1 Å². The zero-order chi connectivity index (χ0) is 25.1. The van der Waals surface area contributed by atoms with Crippen LogP contribution in [0.5, 0.6) is 0 Å². The summed E-state index contributed by atoms with van der Waals surface area (Å²) in [5.41, 5.74) is 3.31. The molecule has 5 rings (SSSR count). The number of nitrogens with zero attached hydrogens (tertiary/aromatic N) is 2. The number of anilines is 1. The van der Waals surface area contributed by atoms with Gasteiger partial charge < -0.3 is 0 Å². The molecule has 0 aliphatic carbocycles. The summed E-state index contributed by atoms with van der Waals surface area (Å²) in [5.74, 6) is 0.653. The number of rotatable bonds is 7. The number of thioether (sulfide) groups is 1. The van der Waals surface area contributed by atoms with E-state index >= 15 is 0 Å². The Morgan fingerprint density at radius 1 is 0.861 bits per heavy atom. The highest BCUT2D eigenvalue weighted by Gasteiger charge is 2.17. The van der Waals surface area contributed by atoms with Crippen molar-refractivity contribution >= 4 is 38.4 Å². The minimum atomic E-state index is -3.80. The molecule has 180 valence electrons. The SMILES string of the molecule is Cc1ccc(S(=O)(=O)Nc2ccc3nc(SCc4ccccc4)n(-c4ccccc4)c(=O)c3c2)cc1. The third-order valence-electron chi connectivity index (χ3n) is 5.65. The molecule has 0 bridgehead atoms. The number of fused-ring (bicyclic) bond motifs is 1. The van der Waals surface area contributed by atoms with Gasteiger partial charge in [0.15, 0.2) is 5.16 Å². The van der Waals surface area contributed by atoms with Gasteiger partial charge in [-0.3, -0.25) is 14.1 Å². The molecule has 1 aromatic heterocycles. The lowest BCUT2D eigenvalue weighted by molar-refractivity contribution is 0.601. The van der Waals surface area contributed by atoms with Crippen LogP contribution in [0.3, 0.4) is 0 Å². The molecular formula is C28H23N3O3S2. The normalized spacial score (nSPS) is 11.5. The monoisotopic (exact) mass is 513 g/mol. The predicted octanol–water partition coefficient (Wildman–Crippen LogP) is 5.79. The van der Waals surface area contributed by atoms with Gasteiger partial charge in [-0.2, -0.15) is 0 Å². The summed E-state index contributed by atoms with van der Waals surface area (Å²) in [6.07, 6.45) is 0. The van der Waals surface area contributed by atoms with Gasteiger partial charge in [0.05, 0.1) is 21.5 Å². The van der Waals surface area contributed by atoms with E-state index in [9.17, 15) is 13.2 Å². The van der Waals surface area contributed by atoms with Gasteiger partial charge in [-0.15, -0.1) is 0 Å². The number of hydrogen-bond acceptors (Lipinski definition) is 5. The second kappa shape index (κ2) is 10.0. The molecule has 0 spiro atoms. The zero-order valence-electron chi connectivity index (χ0n) is 19.5. The highest BCUT2D eigenvalue weighted by atomic mass is 32.2. The van der Waals surface area contributed by atoms with E-state index in [1.165, 1.54) is 11.8 Å². The van der Waals surface area contributed by atoms with Crippen molar-refractivity contribution in [1.29, 1.82) is 0 Å². The molecule has 8 heteroatoms. The molecule has 0 radical (unpaired) electrons. The van der Waals surface area contributed by atoms with Crippen molar-refractivity contribution in [2.45, 2.75) is 22.7 Å². The molecule has 0 atom stereocenters. The topological polar surface area (TPSA) is 81.1 Å². The van der Waals surface area contributed by atoms with Gasteiger partial charge in [0, 0.05) is 11.4 Å².